The third-order valence-corrected chi connectivity index (χ3v) is 2.33. The molecule has 0 saturated carbocycles. The van der Waals surface area contributed by atoms with Gasteiger partial charge in [-0.15, -0.1) is 0 Å². The number of halogens is 1. The number of aliphatic carboxylic acids is 1. The second kappa shape index (κ2) is 5.51. The van der Waals surface area contributed by atoms with Crippen LogP contribution in [0.5, 0.6) is 0 Å². The molecule has 2 N–H and O–H groups in total. The van der Waals surface area contributed by atoms with Gasteiger partial charge in [0.25, 0.3) is 5.91 Å². The number of carbonyl (C=O) groups excluding carboxylic acids is 1. The van der Waals surface area contributed by atoms with Crippen LogP contribution in [0.15, 0.2) is 24.3 Å². The van der Waals surface area contributed by atoms with Crippen molar-refractivity contribution in [3.05, 3.63) is 34.9 Å². The second-order valence-electron chi connectivity index (χ2n) is 3.28. The summed E-state index contributed by atoms with van der Waals surface area (Å²) >= 11 is 5.73. The highest BCUT2D eigenvalue weighted by atomic mass is 35.5. The summed E-state index contributed by atoms with van der Waals surface area (Å²) in [6, 6.07) is 5.49. The van der Waals surface area contributed by atoms with Gasteiger partial charge in [0, 0.05) is 10.6 Å². The first-order chi connectivity index (χ1) is 7.54. The minimum atomic E-state index is -1.04. The molecule has 0 heterocycles. The van der Waals surface area contributed by atoms with Crippen molar-refractivity contribution in [1.82, 2.24) is 5.32 Å². The topological polar surface area (TPSA) is 66.4 Å². The van der Waals surface area contributed by atoms with Crippen molar-refractivity contribution >= 4 is 23.5 Å². The maximum atomic E-state index is 11.6. The molecule has 4 nitrogen and oxygen atoms in total. The van der Waals surface area contributed by atoms with Crippen molar-refractivity contribution in [3.63, 3.8) is 0 Å². The molecule has 5 heteroatoms. The van der Waals surface area contributed by atoms with E-state index in [2.05, 4.69) is 5.32 Å². The molecule has 86 valence electrons. The fourth-order valence-electron chi connectivity index (χ4n) is 1.21. The molecule has 0 aliphatic carbocycles. The third kappa shape index (κ3) is 3.24. The van der Waals surface area contributed by atoms with E-state index in [0.717, 1.165) is 0 Å². The lowest BCUT2D eigenvalue weighted by molar-refractivity contribution is -0.139. The van der Waals surface area contributed by atoms with Crippen molar-refractivity contribution in [2.24, 2.45) is 0 Å². The Kier molecular flexibility index (Phi) is 4.31. The zero-order chi connectivity index (χ0) is 12.1. The first-order valence-corrected chi connectivity index (χ1v) is 5.21. The molecule has 0 fully saturated rings. The Balaban J connectivity index is 2.75. The van der Waals surface area contributed by atoms with E-state index < -0.39 is 17.9 Å². The number of benzene rings is 1. The monoisotopic (exact) mass is 241 g/mol. The summed E-state index contributed by atoms with van der Waals surface area (Å²) in [5.74, 6) is -1.48. The lowest BCUT2D eigenvalue weighted by Crippen LogP contribution is -2.40. The zero-order valence-corrected chi connectivity index (χ0v) is 9.49. The highest BCUT2D eigenvalue weighted by molar-refractivity contribution is 6.30. The molecule has 1 amide bonds. The summed E-state index contributed by atoms with van der Waals surface area (Å²) in [6.45, 7) is 1.69. The molecule has 16 heavy (non-hydrogen) atoms. The van der Waals surface area contributed by atoms with Crippen LogP contribution in [0.25, 0.3) is 0 Å². The maximum Gasteiger partial charge on any atom is 0.326 e. The number of nitrogens with one attached hydrogen (secondary N) is 1. The predicted octanol–water partition coefficient (Wildman–Crippen LogP) is 1.93. The van der Waals surface area contributed by atoms with Gasteiger partial charge in [0.1, 0.15) is 6.04 Å². The summed E-state index contributed by atoms with van der Waals surface area (Å²) in [7, 11) is 0. The van der Waals surface area contributed by atoms with E-state index in [-0.39, 0.29) is 0 Å². The van der Waals surface area contributed by atoms with Gasteiger partial charge in [0.2, 0.25) is 0 Å². The minimum absolute atomic E-state index is 0.335. The van der Waals surface area contributed by atoms with E-state index in [1.54, 1.807) is 25.1 Å². The molecular weight excluding hydrogens is 230 g/mol. The van der Waals surface area contributed by atoms with Gasteiger partial charge in [-0.1, -0.05) is 24.6 Å². The van der Waals surface area contributed by atoms with Crippen LogP contribution in [-0.4, -0.2) is 23.0 Å². The van der Waals surface area contributed by atoms with Crippen LogP contribution >= 0.6 is 11.6 Å². The lowest BCUT2D eigenvalue weighted by Gasteiger charge is -2.12. The van der Waals surface area contributed by atoms with E-state index in [4.69, 9.17) is 16.7 Å². The summed E-state index contributed by atoms with van der Waals surface area (Å²) in [5, 5.41) is 11.6. The molecule has 1 aromatic carbocycles. The first-order valence-electron chi connectivity index (χ1n) is 4.83. The minimum Gasteiger partial charge on any atom is -0.480 e. The van der Waals surface area contributed by atoms with E-state index in [0.29, 0.717) is 17.0 Å². The number of amides is 1. The fraction of sp³-hybridized carbons (Fsp3) is 0.273. The second-order valence-corrected chi connectivity index (χ2v) is 3.72. The van der Waals surface area contributed by atoms with Crippen molar-refractivity contribution in [2.75, 3.05) is 0 Å². The molecule has 0 saturated heterocycles. The Morgan fingerprint density at radius 1 is 1.50 bits per heavy atom. The molecule has 0 aliphatic rings. The lowest BCUT2D eigenvalue weighted by atomic mass is 10.1. The molecule has 1 unspecified atom stereocenters. The Bertz CT molecular complexity index is 406. The molecule has 0 bridgehead atoms. The number of rotatable bonds is 4. The normalized spacial score (nSPS) is 11.9. The van der Waals surface area contributed by atoms with E-state index in [1.807, 2.05) is 0 Å². The molecule has 0 radical (unpaired) electrons. The summed E-state index contributed by atoms with van der Waals surface area (Å²) in [4.78, 5) is 22.4. The van der Waals surface area contributed by atoms with E-state index in [1.165, 1.54) is 6.07 Å². The number of hydrogen-bond acceptors (Lipinski definition) is 2. The number of hydrogen-bond donors (Lipinski definition) is 2. The van der Waals surface area contributed by atoms with Crippen LogP contribution in [0, 0.1) is 0 Å². The highest BCUT2D eigenvalue weighted by Crippen LogP contribution is 2.10. The predicted molar refractivity (Wildman–Crippen MR) is 60.6 cm³/mol. The highest BCUT2D eigenvalue weighted by Gasteiger charge is 2.18. The molecular formula is C11H12ClNO3. The Hall–Kier alpha value is -1.55. The third-order valence-electron chi connectivity index (χ3n) is 2.10. The van der Waals surface area contributed by atoms with E-state index >= 15 is 0 Å². The molecule has 1 rings (SSSR count). The summed E-state index contributed by atoms with van der Waals surface area (Å²) in [6.07, 6.45) is 0.335. The average Bonchev–Trinajstić information content (AvgIpc) is 2.25. The van der Waals surface area contributed by atoms with Crippen LogP contribution in [0.4, 0.5) is 0 Å². The van der Waals surface area contributed by atoms with Crippen molar-refractivity contribution in [2.45, 2.75) is 19.4 Å². The van der Waals surface area contributed by atoms with Gasteiger partial charge in [0.15, 0.2) is 0 Å². The van der Waals surface area contributed by atoms with Crippen molar-refractivity contribution < 1.29 is 14.7 Å². The van der Waals surface area contributed by atoms with Gasteiger partial charge in [-0.3, -0.25) is 4.79 Å². The number of carbonyl (C=O) groups is 2. The first kappa shape index (κ1) is 12.5. The van der Waals surface area contributed by atoms with Crippen molar-refractivity contribution in [3.8, 4) is 0 Å². The Morgan fingerprint density at radius 3 is 2.69 bits per heavy atom. The van der Waals surface area contributed by atoms with Crippen LogP contribution in [-0.2, 0) is 4.79 Å². The van der Waals surface area contributed by atoms with Gasteiger partial charge < -0.3 is 10.4 Å². The molecule has 0 aliphatic heterocycles. The number of carboxylic acid groups (broad SMARTS) is 1. The largest absolute Gasteiger partial charge is 0.480 e. The van der Waals surface area contributed by atoms with Gasteiger partial charge in [-0.2, -0.15) is 0 Å². The average molecular weight is 242 g/mol. The van der Waals surface area contributed by atoms with Crippen LogP contribution in [0.1, 0.15) is 23.7 Å². The molecule has 0 aromatic heterocycles. The van der Waals surface area contributed by atoms with Gasteiger partial charge in [-0.25, -0.2) is 4.79 Å². The quantitative estimate of drug-likeness (QED) is 0.847. The SMILES string of the molecule is CCC(NC(=O)c1cccc(Cl)c1)C(=O)O. The number of carboxylic acids is 1. The standard InChI is InChI=1S/C11H12ClNO3/c1-2-9(11(15)16)13-10(14)7-4-3-5-8(12)6-7/h3-6,9H,2H2,1H3,(H,13,14)(H,15,16). The van der Waals surface area contributed by atoms with Crippen LogP contribution in [0.3, 0.4) is 0 Å². The van der Waals surface area contributed by atoms with Crippen LogP contribution in [0.2, 0.25) is 5.02 Å². The Labute approximate surface area is 98.2 Å². The van der Waals surface area contributed by atoms with Gasteiger partial charge >= 0.3 is 5.97 Å². The molecule has 0 spiro atoms. The Morgan fingerprint density at radius 2 is 2.19 bits per heavy atom. The maximum absolute atomic E-state index is 11.6. The zero-order valence-electron chi connectivity index (χ0n) is 8.74. The van der Waals surface area contributed by atoms with Gasteiger partial charge in [0.05, 0.1) is 0 Å². The summed E-state index contributed by atoms with van der Waals surface area (Å²) in [5.41, 5.74) is 0.354. The smallest absolute Gasteiger partial charge is 0.326 e. The van der Waals surface area contributed by atoms with Crippen LogP contribution < -0.4 is 5.32 Å². The fourth-order valence-corrected chi connectivity index (χ4v) is 1.40. The molecule has 1 aromatic rings. The van der Waals surface area contributed by atoms with E-state index in [9.17, 15) is 9.59 Å². The molecule has 1 atom stereocenters. The summed E-state index contributed by atoms with van der Waals surface area (Å²) < 4.78 is 0. The van der Waals surface area contributed by atoms with Crippen molar-refractivity contribution in [1.29, 1.82) is 0 Å². The van der Waals surface area contributed by atoms with Gasteiger partial charge in [-0.05, 0) is 24.6 Å².